The van der Waals surface area contributed by atoms with Gasteiger partial charge in [0, 0.05) is 5.69 Å². The molecular formula is C24H21NO5. The Labute approximate surface area is 174 Å². The molecule has 1 N–H and O–H groups in total. The number of amides is 1. The van der Waals surface area contributed by atoms with Gasteiger partial charge in [-0.25, -0.2) is 0 Å². The maximum atomic E-state index is 13.1. The van der Waals surface area contributed by atoms with Crippen LogP contribution in [0.15, 0.2) is 70.9 Å². The summed E-state index contributed by atoms with van der Waals surface area (Å²) in [6, 6.07) is 14.9. The number of furan rings is 1. The lowest BCUT2D eigenvalue weighted by molar-refractivity contribution is -0.132. The number of hydrogen-bond acceptors (Lipinski definition) is 5. The number of para-hydroxylation sites is 1. The lowest BCUT2D eigenvalue weighted by Crippen LogP contribution is -2.29. The van der Waals surface area contributed by atoms with Crippen molar-refractivity contribution in [2.75, 3.05) is 12.0 Å². The monoisotopic (exact) mass is 403 g/mol. The second-order valence-corrected chi connectivity index (χ2v) is 7.23. The van der Waals surface area contributed by atoms with Crippen molar-refractivity contribution in [1.29, 1.82) is 0 Å². The van der Waals surface area contributed by atoms with Gasteiger partial charge in [-0.15, -0.1) is 0 Å². The number of aliphatic hydroxyl groups excluding tert-OH is 1. The fraction of sp³-hybridized carbons (Fsp3) is 0.167. The smallest absolute Gasteiger partial charge is 0.300 e. The van der Waals surface area contributed by atoms with E-state index in [4.69, 9.17) is 9.15 Å². The third-order valence-corrected chi connectivity index (χ3v) is 5.10. The van der Waals surface area contributed by atoms with Crippen LogP contribution < -0.4 is 9.64 Å². The molecule has 30 heavy (non-hydrogen) atoms. The highest BCUT2D eigenvalue weighted by molar-refractivity contribution is 6.51. The van der Waals surface area contributed by atoms with Crippen molar-refractivity contribution >= 4 is 23.1 Å². The highest BCUT2D eigenvalue weighted by Gasteiger charge is 2.48. The van der Waals surface area contributed by atoms with Crippen molar-refractivity contribution in [1.82, 2.24) is 0 Å². The fourth-order valence-electron chi connectivity index (χ4n) is 3.89. The highest BCUT2D eigenvalue weighted by atomic mass is 16.5. The topological polar surface area (TPSA) is 80.0 Å². The van der Waals surface area contributed by atoms with Crippen LogP contribution in [0.5, 0.6) is 5.75 Å². The van der Waals surface area contributed by atoms with Crippen molar-refractivity contribution in [2.24, 2.45) is 0 Å². The Morgan fingerprint density at radius 1 is 1.03 bits per heavy atom. The molecule has 0 spiro atoms. The number of rotatable bonds is 4. The van der Waals surface area contributed by atoms with E-state index in [-0.39, 0.29) is 11.3 Å². The maximum Gasteiger partial charge on any atom is 0.300 e. The molecule has 0 bridgehead atoms. The quantitative estimate of drug-likeness (QED) is 0.393. The molecule has 152 valence electrons. The second-order valence-electron chi connectivity index (χ2n) is 7.23. The lowest BCUT2D eigenvalue weighted by atomic mass is 9.98. The number of ketones is 1. The third-order valence-electron chi connectivity index (χ3n) is 5.10. The summed E-state index contributed by atoms with van der Waals surface area (Å²) in [5.41, 5.74) is 2.76. The molecule has 6 nitrogen and oxygen atoms in total. The van der Waals surface area contributed by atoms with Crippen LogP contribution in [0.2, 0.25) is 0 Å². The molecule has 0 aliphatic carbocycles. The molecule has 4 rings (SSSR count). The summed E-state index contributed by atoms with van der Waals surface area (Å²) in [5.74, 6) is -1.04. The average molecular weight is 403 g/mol. The highest BCUT2D eigenvalue weighted by Crippen LogP contribution is 2.43. The first-order valence-corrected chi connectivity index (χ1v) is 9.48. The zero-order valence-corrected chi connectivity index (χ0v) is 16.9. The molecular weight excluding hydrogens is 382 g/mol. The minimum absolute atomic E-state index is 0.0430. The average Bonchev–Trinajstić information content (AvgIpc) is 3.34. The van der Waals surface area contributed by atoms with E-state index < -0.39 is 17.7 Å². The Morgan fingerprint density at radius 3 is 2.37 bits per heavy atom. The number of aryl methyl sites for hydroxylation is 2. The Bertz CT molecular complexity index is 1140. The summed E-state index contributed by atoms with van der Waals surface area (Å²) in [4.78, 5) is 27.6. The van der Waals surface area contributed by atoms with Gasteiger partial charge in [0.1, 0.15) is 23.3 Å². The molecule has 1 amide bonds. The predicted molar refractivity (Wildman–Crippen MR) is 112 cm³/mol. The Balaban J connectivity index is 1.97. The van der Waals surface area contributed by atoms with Gasteiger partial charge in [-0.2, -0.15) is 0 Å². The Morgan fingerprint density at radius 2 is 1.73 bits per heavy atom. The van der Waals surface area contributed by atoms with Gasteiger partial charge in [0.05, 0.1) is 24.5 Å². The standard InChI is InChI=1S/C24H21NO5/c1-14-11-15(2)13-16(12-14)25-21(19-9-6-10-30-19)20(23(27)24(25)28)22(26)17-7-4-5-8-18(17)29-3/h4-13,21,26H,1-3H3/b22-20-. The van der Waals surface area contributed by atoms with Gasteiger partial charge in [-0.3, -0.25) is 14.5 Å². The Kier molecular flexibility index (Phi) is 4.91. The van der Waals surface area contributed by atoms with Gasteiger partial charge in [-0.05, 0) is 61.4 Å². The van der Waals surface area contributed by atoms with E-state index in [9.17, 15) is 14.7 Å². The number of ether oxygens (including phenoxy) is 1. The van der Waals surface area contributed by atoms with E-state index in [1.165, 1.54) is 18.3 Å². The summed E-state index contributed by atoms with van der Waals surface area (Å²) in [7, 11) is 1.48. The number of carbonyl (C=O) groups excluding carboxylic acids is 2. The van der Waals surface area contributed by atoms with Crippen LogP contribution >= 0.6 is 0 Å². The molecule has 1 saturated heterocycles. The largest absolute Gasteiger partial charge is 0.507 e. The van der Waals surface area contributed by atoms with Crippen LogP contribution in [0.4, 0.5) is 5.69 Å². The second kappa shape index (κ2) is 7.55. The number of carbonyl (C=O) groups is 2. The molecule has 1 fully saturated rings. The summed E-state index contributed by atoms with van der Waals surface area (Å²) < 4.78 is 10.9. The normalized spacial score (nSPS) is 18.1. The summed E-state index contributed by atoms with van der Waals surface area (Å²) in [6.07, 6.45) is 1.47. The SMILES string of the molecule is COc1ccccc1/C(O)=C1/C(=O)C(=O)N(c2cc(C)cc(C)c2)C1c1ccco1. The van der Waals surface area contributed by atoms with Crippen molar-refractivity contribution in [2.45, 2.75) is 19.9 Å². The van der Waals surface area contributed by atoms with Gasteiger partial charge in [-0.1, -0.05) is 18.2 Å². The minimum Gasteiger partial charge on any atom is -0.507 e. The number of Topliss-reactive ketones (excluding diaryl/α,β-unsaturated/α-hetero) is 1. The van der Waals surface area contributed by atoms with Crippen molar-refractivity contribution in [3.05, 3.63) is 88.9 Å². The molecule has 1 atom stereocenters. The number of nitrogens with zero attached hydrogens (tertiary/aromatic N) is 1. The summed E-state index contributed by atoms with van der Waals surface area (Å²) >= 11 is 0. The van der Waals surface area contributed by atoms with Crippen LogP contribution in [0.3, 0.4) is 0 Å². The molecule has 1 aliphatic heterocycles. The first-order valence-electron chi connectivity index (χ1n) is 9.48. The van der Waals surface area contributed by atoms with Gasteiger partial charge in [0.2, 0.25) is 0 Å². The van der Waals surface area contributed by atoms with E-state index in [0.717, 1.165) is 11.1 Å². The number of aliphatic hydroxyl groups is 1. The van der Waals surface area contributed by atoms with Gasteiger partial charge in [0.25, 0.3) is 11.7 Å². The fourth-order valence-corrected chi connectivity index (χ4v) is 3.89. The van der Waals surface area contributed by atoms with Crippen molar-refractivity contribution in [3.8, 4) is 5.75 Å². The minimum atomic E-state index is -0.897. The van der Waals surface area contributed by atoms with Crippen LogP contribution in [-0.4, -0.2) is 23.9 Å². The Hall–Kier alpha value is -3.80. The lowest BCUT2D eigenvalue weighted by Gasteiger charge is -2.24. The first-order chi connectivity index (χ1) is 14.4. The van der Waals surface area contributed by atoms with Crippen LogP contribution in [0.1, 0.15) is 28.5 Å². The van der Waals surface area contributed by atoms with E-state index in [1.807, 2.05) is 32.0 Å². The molecule has 6 heteroatoms. The van der Waals surface area contributed by atoms with E-state index >= 15 is 0 Å². The summed E-state index contributed by atoms with van der Waals surface area (Å²) in [5, 5.41) is 11.1. The molecule has 2 aromatic carbocycles. The number of hydrogen-bond donors (Lipinski definition) is 1. The summed E-state index contributed by atoms with van der Waals surface area (Å²) in [6.45, 7) is 3.84. The first kappa shape index (κ1) is 19.5. The zero-order chi connectivity index (χ0) is 21.4. The molecule has 1 aromatic heterocycles. The number of benzene rings is 2. The van der Waals surface area contributed by atoms with Gasteiger partial charge >= 0.3 is 0 Å². The molecule has 1 unspecified atom stereocenters. The molecule has 0 saturated carbocycles. The zero-order valence-electron chi connectivity index (χ0n) is 16.9. The molecule has 1 aliphatic rings. The van der Waals surface area contributed by atoms with Gasteiger partial charge in [0.15, 0.2) is 0 Å². The van der Waals surface area contributed by atoms with Crippen molar-refractivity contribution in [3.63, 3.8) is 0 Å². The van der Waals surface area contributed by atoms with Crippen LogP contribution in [0, 0.1) is 13.8 Å². The van der Waals surface area contributed by atoms with E-state index in [1.54, 1.807) is 36.4 Å². The van der Waals surface area contributed by atoms with Gasteiger partial charge < -0.3 is 14.3 Å². The van der Waals surface area contributed by atoms with Crippen molar-refractivity contribution < 1.29 is 23.8 Å². The number of anilines is 1. The van der Waals surface area contributed by atoms with E-state index in [0.29, 0.717) is 22.8 Å². The number of methoxy groups -OCH3 is 1. The van der Waals surface area contributed by atoms with Crippen LogP contribution in [-0.2, 0) is 9.59 Å². The molecule has 3 aromatic rings. The maximum absolute atomic E-state index is 13.1. The molecule has 0 radical (unpaired) electrons. The van der Waals surface area contributed by atoms with E-state index in [2.05, 4.69) is 0 Å². The third kappa shape index (κ3) is 3.16. The van der Waals surface area contributed by atoms with Crippen LogP contribution in [0.25, 0.3) is 5.76 Å². The molecule has 2 heterocycles. The predicted octanol–water partition coefficient (Wildman–Crippen LogP) is 4.53.